The molecule has 1 N–H and O–H groups in total. The van der Waals surface area contributed by atoms with Crippen molar-refractivity contribution in [2.75, 3.05) is 5.32 Å². The maximum absolute atomic E-state index is 13.3. The first-order valence-corrected chi connectivity index (χ1v) is 10.2. The zero-order valence-corrected chi connectivity index (χ0v) is 17.0. The Labute approximate surface area is 170 Å². The molecule has 0 radical (unpaired) electrons. The van der Waals surface area contributed by atoms with Crippen LogP contribution in [-0.2, 0) is 11.2 Å². The highest BCUT2D eigenvalue weighted by atomic mass is 79.9. The van der Waals surface area contributed by atoms with Gasteiger partial charge in [0.1, 0.15) is 0 Å². The van der Waals surface area contributed by atoms with E-state index < -0.39 is 5.41 Å². The Morgan fingerprint density at radius 1 is 1.33 bits per heavy atom. The molecule has 27 heavy (non-hydrogen) atoms. The van der Waals surface area contributed by atoms with E-state index in [9.17, 15) is 10.1 Å². The number of benzene rings is 2. The number of hydrogen-bond donors (Lipinski definition) is 1. The number of carbonyl (C=O) groups excluding carboxylic acids is 1. The van der Waals surface area contributed by atoms with Crippen LogP contribution in [0.4, 0.5) is 5.13 Å². The summed E-state index contributed by atoms with van der Waals surface area (Å²) in [4.78, 5) is 17.5. The summed E-state index contributed by atoms with van der Waals surface area (Å²) in [5.41, 5.74) is 3.16. The lowest BCUT2D eigenvalue weighted by molar-refractivity contribution is -0.125. The largest absolute Gasteiger partial charge is 0.301 e. The number of thiazole rings is 1. The van der Waals surface area contributed by atoms with Crippen molar-refractivity contribution < 1.29 is 4.79 Å². The average Bonchev–Trinajstić information content (AvgIpc) is 3.27. The van der Waals surface area contributed by atoms with E-state index in [2.05, 4.69) is 32.3 Å². The summed E-state index contributed by atoms with van der Waals surface area (Å²) in [5.74, 6) is -0.186. The molecule has 0 bridgehead atoms. The third kappa shape index (κ3) is 3.18. The number of carbonyl (C=O) groups is 1. The summed E-state index contributed by atoms with van der Waals surface area (Å²) in [7, 11) is 0. The summed E-state index contributed by atoms with van der Waals surface area (Å²) in [5, 5.41) is 14.7. The molecule has 0 fully saturated rings. The SMILES string of the molecule is C[C@]1(C(=O)Nc2nccs2)Cc2ccc(C#N)cc2[C@H]1c1ccc(Br)cc1. The molecule has 4 rings (SSSR count). The zero-order chi connectivity index (χ0) is 19.0. The number of amides is 1. The molecular formula is C21H16BrN3OS. The number of halogens is 1. The highest BCUT2D eigenvalue weighted by Gasteiger charge is 2.49. The van der Waals surface area contributed by atoms with Gasteiger partial charge >= 0.3 is 0 Å². The Morgan fingerprint density at radius 2 is 2.11 bits per heavy atom. The smallest absolute Gasteiger partial charge is 0.233 e. The van der Waals surface area contributed by atoms with Crippen molar-refractivity contribution in [3.05, 3.63) is 80.8 Å². The van der Waals surface area contributed by atoms with Gasteiger partial charge < -0.3 is 5.32 Å². The molecule has 0 saturated carbocycles. The van der Waals surface area contributed by atoms with Crippen LogP contribution in [0.25, 0.3) is 0 Å². The van der Waals surface area contributed by atoms with Gasteiger partial charge in [0.15, 0.2) is 5.13 Å². The Kier molecular flexibility index (Phi) is 4.58. The normalized spacial score (nSPS) is 20.7. The first-order chi connectivity index (χ1) is 13.0. The average molecular weight is 438 g/mol. The quantitative estimate of drug-likeness (QED) is 0.618. The number of hydrogen-bond acceptors (Lipinski definition) is 4. The van der Waals surface area contributed by atoms with E-state index in [0.717, 1.165) is 21.2 Å². The van der Waals surface area contributed by atoms with Gasteiger partial charge in [0, 0.05) is 22.0 Å². The Hall–Kier alpha value is -2.49. The molecule has 2 aromatic carbocycles. The minimum absolute atomic E-state index is 0.0555. The molecule has 1 aliphatic rings. The summed E-state index contributed by atoms with van der Waals surface area (Å²) in [6.45, 7) is 1.99. The lowest BCUT2D eigenvalue weighted by Gasteiger charge is -2.31. The molecular weight excluding hydrogens is 422 g/mol. The zero-order valence-electron chi connectivity index (χ0n) is 14.6. The lowest BCUT2D eigenvalue weighted by atomic mass is 9.73. The fraction of sp³-hybridized carbons (Fsp3) is 0.190. The van der Waals surface area contributed by atoms with Crippen molar-refractivity contribution in [3.63, 3.8) is 0 Å². The summed E-state index contributed by atoms with van der Waals surface area (Å²) in [6, 6.07) is 16.0. The molecule has 3 aromatic rings. The molecule has 0 unspecified atom stereocenters. The fourth-order valence-electron chi connectivity index (χ4n) is 3.87. The van der Waals surface area contributed by atoms with Crippen LogP contribution in [-0.4, -0.2) is 10.9 Å². The van der Waals surface area contributed by atoms with Gasteiger partial charge in [-0.15, -0.1) is 11.3 Å². The monoisotopic (exact) mass is 437 g/mol. The molecule has 0 spiro atoms. The standard InChI is InChI=1S/C21H16BrN3OS/c1-21(19(26)25-20-24-8-9-27-20)11-15-3-2-13(12-23)10-17(15)18(21)14-4-6-16(22)7-5-14/h2-10,18H,11H2,1H3,(H,24,25,26)/t18-,21+/m1/s1. The number of nitrogens with zero attached hydrogens (tertiary/aromatic N) is 2. The third-order valence-corrected chi connectivity index (χ3v) is 6.37. The second-order valence-electron chi connectivity index (χ2n) is 6.90. The van der Waals surface area contributed by atoms with Crippen molar-refractivity contribution in [2.24, 2.45) is 5.41 Å². The van der Waals surface area contributed by atoms with Crippen LogP contribution in [0.5, 0.6) is 0 Å². The first kappa shape index (κ1) is 17.9. The van der Waals surface area contributed by atoms with E-state index in [-0.39, 0.29) is 11.8 Å². The van der Waals surface area contributed by atoms with Gasteiger partial charge in [0.05, 0.1) is 17.0 Å². The van der Waals surface area contributed by atoms with Crippen molar-refractivity contribution in [1.29, 1.82) is 5.26 Å². The number of nitriles is 1. The molecule has 1 heterocycles. The van der Waals surface area contributed by atoms with Crippen LogP contribution >= 0.6 is 27.3 Å². The van der Waals surface area contributed by atoms with E-state index in [1.165, 1.54) is 11.3 Å². The van der Waals surface area contributed by atoms with E-state index in [4.69, 9.17) is 0 Å². The highest BCUT2D eigenvalue weighted by Crippen LogP contribution is 2.51. The minimum Gasteiger partial charge on any atom is -0.301 e. The second-order valence-corrected chi connectivity index (χ2v) is 8.71. The van der Waals surface area contributed by atoms with E-state index in [1.54, 1.807) is 6.20 Å². The first-order valence-electron chi connectivity index (χ1n) is 8.50. The summed E-state index contributed by atoms with van der Waals surface area (Å²) in [6.07, 6.45) is 2.30. The number of aromatic nitrogens is 1. The molecule has 1 aliphatic carbocycles. The van der Waals surface area contributed by atoms with Gasteiger partial charge in [0.2, 0.25) is 5.91 Å². The van der Waals surface area contributed by atoms with Crippen LogP contribution in [0.15, 0.2) is 58.5 Å². The predicted molar refractivity (Wildman–Crippen MR) is 110 cm³/mol. The molecule has 1 aromatic heterocycles. The molecule has 2 atom stereocenters. The van der Waals surface area contributed by atoms with Crippen molar-refractivity contribution in [3.8, 4) is 6.07 Å². The van der Waals surface area contributed by atoms with Crippen LogP contribution in [0, 0.1) is 16.7 Å². The van der Waals surface area contributed by atoms with Crippen molar-refractivity contribution in [2.45, 2.75) is 19.3 Å². The number of nitrogens with one attached hydrogen (secondary N) is 1. The van der Waals surface area contributed by atoms with Gasteiger partial charge in [-0.25, -0.2) is 4.98 Å². The van der Waals surface area contributed by atoms with E-state index >= 15 is 0 Å². The molecule has 4 nitrogen and oxygen atoms in total. The number of fused-ring (bicyclic) bond motifs is 1. The van der Waals surface area contributed by atoms with Crippen LogP contribution < -0.4 is 5.32 Å². The van der Waals surface area contributed by atoms with Crippen molar-refractivity contribution in [1.82, 2.24) is 4.98 Å². The Bertz CT molecular complexity index is 1040. The highest BCUT2D eigenvalue weighted by molar-refractivity contribution is 9.10. The van der Waals surface area contributed by atoms with E-state index in [0.29, 0.717) is 17.1 Å². The summed E-state index contributed by atoms with van der Waals surface area (Å²) >= 11 is 4.88. The van der Waals surface area contributed by atoms with Gasteiger partial charge in [-0.2, -0.15) is 5.26 Å². The molecule has 1 amide bonds. The number of anilines is 1. The van der Waals surface area contributed by atoms with Gasteiger partial charge in [-0.1, -0.05) is 34.1 Å². The fourth-order valence-corrected chi connectivity index (χ4v) is 4.66. The number of rotatable bonds is 3. The van der Waals surface area contributed by atoms with Crippen LogP contribution in [0.3, 0.4) is 0 Å². The minimum atomic E-state index is -0.671. The predicted octanol–water partition coefficient (Wildman–Crippen LogP) is 5.11. The molecule has 0 saturated heterocycles. The van der Waals surface area contributed by atoms with Gasteiger partial charge in [-0.05, 0) is 54.3 Å². The topological polar surface area (TPSA) is 65.8 Å². The summed E-state index contributed by atoms with van der Waals surface area (Å²) < 4.78 is 0.990. The third-order valence-electron chi connectivity index (χ3n) is 5.16. The van der Waals surface area contributed by atoms with E-state index in [1.807, 2.05) is 54.8 Å². The maximum Gasteiger partial charge on any atom is 0.233 e. The molecule has 6 heteroatoms. The Balaban J connectivity index is 1.81. The van der Waals surface area contributed by atoms with Crippen molar-refractivity contribution >= 4 is 38.3 Å². The Morgan fingerprint density at radius 3 is 2.78 bits per heavy atom. The van der Waals surface area contributed by atoms with Gasteiger partial charge in [0.25, 0.3) is 0 Å². The maximum atomic E-state index is 13.3. The van der Waals surface area contributed by atoms with Crippen LogP contribution in [0.2, 0.25) is 0 Å². The van der Waals surface area contributed by atoms with Crippen LogP contribution in [0.1, 0.15) is 35.1 Å². The second kappa shape index (κ2) is 6.91. The van der Waals surface area contributed by atoms with Gasteiger partial charge in [-0.3, -0.25) is 4.79 Å². The lowest BCUT2D eigenvalue weighted by Crippen LogP contribution is -2.37. The molecule has 0 aliphatic heterocycles. The molecule has 134 valence electrons.